The first-order valence-electron chi connectivity index (χ1n) is 8.51. The lowest BCUT2D eigenvalue weighted by atomic mass is 10.1. The van der Waals surface area contributed by atoms with Gasteiger partial charge in [0.15, 0.2) is 11.5 Å². The van der Waals surface area contributed by atoms with Crippen molar-refractivity contribution < 1.29 is 14.2 Å². The molecule has 0 aliphatic rings. The average molecular weight is 346 g/mol. The number of methoxy groups -OCH3 is 2. The number of hydrogen-bond acceptors (Lipinski definition) is 5. The van der Waals surface area contributed by atoms with E-state index in [0.717, 1.165) is 30.1 Å². The van der Waals surface area contributed by atoms with Crippen molar-refractivity contribution >= 4 is 0 Å². The molecule has 0 saturated heterocycles. The molecule has 2 aromatic carbocycles. The van der Waals surface area contributed by atoms with Crippen molar-refractivity contribution in [2.75, 3.05) is 33.9 Å². The number of rotatable bonds is 8. The van der Waals surface area contributed by atoms with Crippen molar-refractivity contribution in [1.82, 2.24) is 0 Å². The van der Waals surface area contributed by atoms with Gasteiger partial charge in [-0.2, -0.15) is 0 Å². The van der Waals surface area contributed by atoms with Crippen LogP contribution in [0.3, 0.4) is 0 Å². The molecule has 4 N–H and O–H groups in total. The average Bonchev–Trinajstić information content (AvgIpc) is 2.64. The lowest BCUT2D eigenvalue weighted by Gasteiger charge is -2.10. The van der Waals surface area contributed by atoms with Crippen molar-refractivity contribution in [2.45, 2.75) is 19.8 Å². The maximum atomic E-state index is 5.48. The normalized spacial score (nSPS) is 9.80. The molecule has 0 spiro atoms. The number of hydrogen-bond donors (Lipinski definition) is 2. The maximum Gasteiger partial charge on any atom is 0.161 e. The van der Waals surface area contributed by atoms with Crippen LogP contribution in [0.4, 0.5) is 0 Å². The summed E-state index contributed by atoms with van der Waals surface area (Å²) in [6, 6.07) is 13.9. The van der Waals surface area contributed by atoms with Crippen LogP contribution < -0.4 is 25.7 Å². The zero-order valence-corrected chi connectivity index (χ0v) is 15.5. The fraction of sp³-hybridized carbons (Fsp3) is 0.400. The van der Waals surface area contributed by atoms with Gasteiger partial charge in [-0.3, -0.25) is 0 Å². The largest absolute Gasteiger partial charge is 0.497 e. The molecule has 0 heterocycles. The minimum absolute atomic E-state index is 0.645. The SMILES string of the molecule is CCOc1ccc(CCN)cc1OC.COc1cccc(CCN)c1. The molecule has 0 aromatic heterocycles. The summed E-state index contributed by atoms with van der Waals surface area (Å²) in [5.74, 6) is 2.46. The predicted octanol–water partition coefficient (Wildman–Crippen LogP) is 2.79. The summed E-state index contributed by atoms with van der Waals surface area (Å²) < 4.78 is 15.7. The lowest BCUT2D eigenvalue weighted by molar-refractivity contribution is 0.310. The Hall–Kier alpha value is -2.24. The van der Waals surface area contributed by atoms with Gasteiger partial charge in [0.25, 0.3) is 0 Å². The Bertz CT molecular complexity index is 618. The Kier molecular flexibility index (Phi) is 10.1. The van der Waals surface area contributed by atoms with Gasteiger partial charge in [0.05, 0.1) is 20.8 Å². The zero-order valence-electron chi connectivity index (χ0n) is 15.5. The summed E-state index contributed by atoms with van der Waals surface area (Å²) in [4.78, 5) is 0. The topological polar surface area (TPSA) is 79.7 Å². The van der Waals surface area contributed by atoms with Crippen LogP contribution in [0.1, 0.15) is 18.1 Å². The van der Waals surface area contributed by atoms with E-state index in [0.29, 0.717) is 19.7 Å². The van der Waals surface area contributed by atoms with Crippen LogP contribution in [0.5, 0.6) is 17.2 Å². The molecule has 0 bridgehead atoms. The van der Waals surface area contributed by atoms with Crippen molar-refractivity contribution in [3.8, 4) is 17.2 Å². The molecule has 0 unspecified atom stereocenters. The van der Waals surface area contributed by atoms with Gasteiger partial charge in [0.2, 0.25) is 0 Å². The summed E-state index contributed by atoms with van der Waals surface area (Å²) >= 11 is 0. The molecular weight excluding hydrogens is 316 g/mol. The van der Waals surface area contributed by atoms with Gasteiger partial charge in [0, 0.05) is 0 Å². The second-order valence-corrected chi connectivity index (χ2v) is 5.35. The zero-order chi connectivity index (χ0) is 18.5. The van der Waals surface area contributed by atoms with Gasteiger partial charge in [-0.15, -0.1) is 0 Å². The molecule has 0 saturated carbocycles. The number of benzene rings is 2. The highest BCUT2D eigenvalue weighted by atomic mass is 16.5. The van der Waals surface area contributed by atoms with Gasteiger partial charge in [-0.05, 0) is 68.2 Å². The van der Waals surface area contributed by atoms with Crippen molar-refractivity contribution in [2.24, 2.45) is 11.5 Å². The van der Waals surface area contributed by atoms with E-state index in [1.165, 1.54) is 11.1 Å². The maximum absolute atomic E-state index is 5.48. The van der Waals surface area contributed by atoms with Gasteiger partial charge in [0.1, 0.15) is 5.75 Å². The first-order valence-corrected chi connectivity index (χ1v) is 8.51. The van der Waals surface area contributed by atoms with Crippen LogP contribution in [-0.4, -0.2) is 33.9 Å². The molecule has 2 aromatic rings. The van der Waals surface area contributed by atoms with E-state index in [9.17, 15) is 0 Å². The Balaban J connectivity index is 0.000000257. The van der Waals surface area contributed by atoms with Crippen LogP contribution in [0, 0.1) is 0 Å². The van der Waals surface area contributed by atoms with Crippen LogP contribution >= 0.6 is 0 Å². The van der Waals surface area contributed by atoms with Crippen LogP contribution in [0.2, 0.25) is 0 Å². The van der Waals surface area contributed by atoms with Gasteiger partial charge in [-0.25, -0.2) is 0 Å². The van der Waals surface area contributed by atoms with Crippen molar-refractivity contribution in [3.63, 3.8) is 0 Å². The molecule has 0 aliphatic carbocycles. The highest BCUT2D eigenvalue weighted by molar-refractivity contribution is 5.43. The van der Waals surface area contributed by atoms with Gasteiger partial charge >= 0.3 is 0 Å². The van der Waals surface area contributed by atoms with Crippen molar-refractivity contribution in [1.29, 1.82) is 0 Å². The Morgan fingerprint density at radius 2 is 1.48 bits per heavy atom. The predicted molar refractivity (Wildman–Crippen MR) is 103 cm³/mol. The van der Waals surface area contributed by atoms with Crippen LogP contribution in [0.25, 0.3) is 0 Å². The van der Waals surface area contributed by atoms with E-state index in [1.807, 2.05) is 43.3 Å². The molecule has 138 valence electrons. The van der Waals surface area contributed by atoms with E-state index in [-0.39, 0.29) is 0 Å². The van der Waals surface area contributed by atoms with E-state index in [2.05, 4.69) is 6.07 Å². The summed E-state index contributed by atoms with van der Waals surface area (Å²) in [7, 11) is 3.31. The third kappa shape index (κ3) is 7.45. The third-order valence-electron chi connectivity index (χ3n) is 3.53. The standard InChI is InChI=1S/C11H17NO2.C9H13NO/c1-3-14-10-5-4-9(6-7-12)8-11(10)13-2;1-11-9-4-2-3-8(7-9)5-6-10/h4-5,8H,3,6-7,12H2,1-2H3;2-4,7H,5-6,10H2,1H3. The quantitative estimate of drug-likeness (QED) is 0.768. The minimum atomic E-state index is 0.645. The molecule has 2 rings (SSSR count). The van der Waals surface area contributed by atoms with Gasteiger partial charge < -0.3 is 25.7 Å². The third-order valence-corrected chi connectivity index (χ3v) is 3.53. The fourth-order valence-corrected chi connectivity index (χ4v) is 2.30. The van der Waals surface area contributed by atoms with E-state index in [4.69, 9.17) is 25.7 Å². The van der Waals surface area contributed by atoms with E-state index in [1.54, 1.807) is 14.2 Å². The summed E-state index contributed by atoms with van der Waals surface area (Å²) in [6.07, 6.45) is 1.78. The summed E-state index contributed by atoms with van der Waals surface area (Å²) in [5, 5.41) is 0. The molecule has 5 nitrogen and oxygen atoms in total. The molecule has 25 heavy (non-hydrogen) atoms. The Morgan fingerprint density at radius 1 is 0.800 bits per heavy atom. The monoisotopic (exact) mass is 346 g/mol. The molecule has 0 fully saturated rings. The fourth-order valence-electron chi connectivity index (χ4n) is 2.30. The summed E-state index contributed by atoms with van der Waals surface area (Å²) in [6.45, 7) is 3.93. The summed E-state index contributed by atoms with van der Waals surface area (Å²) in [5.41, 5.74) is 13.3. The van der Waals surface area contributed by atoms with E-state index < -0.39 is 0 Å². The van der Waals surface area contributed by atoms with Crippen LogP contribution in [-0.2, 0) is 12.8 Å². The van der Waals surface area contributed by atoms with Crippen LogP contribution in [0.15, 0.2) is 42.5 Å². The molecule has 5 heteroatoms. The lowest BCUT2D eigenvalue weighted by Crippen LogP contribution is -2.03. The minimum Gasteiger partial charge on any atom is -0.497 e. The highest BCUT2D eigenvalue weighted by Gasteiger charge is 2.04. The molecular formula is C20H30N2O3. The number of nitrogens with two attached hydrogens (primary N) is 2. The second kappa shape index (κ2) is 12.2. The molecule has 0 radical (unpaired) electrons. The molecule has 0 aliphatic heterocycles. The van der Waals surface area contributed by atoms with Gasteiger partial charge in [-0.1, -0.05) is 18.2 Å². The first kappa shape index (κ1) is 20.8. The Labute approximate surface area is 150 Å². The number of ether oxygens (including phenoxy) is 3. The van der Waals surface area contributed by atoms with Crippen molar-refractivity contribution in [3.05, 3.63) is 53.6 Å². The first-order chi connectivity index (χ1) is 12.2. The second-order valence-electron chi connectivity index (χ2n) is 5.35. The molecule has 0 amide bonds. The Morgan fingerprint density at radius 3 is 2.04 bits per heavy atom. The van der Waals surface area contributed by atoms with E-state index >= 15 is 0 Å². The smallest absolute Gasteiger partial charge is 0.161 e. The highest BCUT2D eigenvalue weighted by Crippen LogP contribution is 2.27. The molecule has 0 atom stereocenters.